The molecule has 2 saturated heterocycles. The highest BCUT2D eigenvalue weighted by Crippen LogP contribution is 2.26. The van der Waals surface area contributed by atoms with E-state index in [9.17, 15) is 4.79 Å². The summed E-state index contributed by atoms with van der Waals surface area (Å²) in [6, 6.07) is 4.30. The van der Waals surface area contributed by atoms with Gasteiger partial charge in [-0.3, -0.25) is 9.69 Å². The van der Waals surface area contributed by atoms with Crippen molar-refractivity contribution in [2.75, 3.05) is 45.6 Å². The van der Waals surface area contributed by atoms with E-state index in [0.29, 0.717) is 17.7 Å². The molecule has 134 valence electrons. The zero-order valence-corrected chi connectivity index (χ0v) is 15.5. The highest BCUT2D eigenvalue weighted by atomic mass is 32.2. The van der Waals surface area contributed by atoms with Gasteiger partial charge in [-0.25, -0.2) is 0 Å². The third-order valence-corrected chi connectivity index (χ3v) is 5.86. The second kappa shape index (κ2) is 8.41. The summed E-state index contributed by atoms with van der Waals surface area (Å²) < 4.78 is 11.1. The fourth-order valence-electron chi connectivity index (χ4n) is 3.74. The van der Waals surface area contributed by atoms with Crippen LogP contribution in [0, 0.1) is 5.92 Å². The Hall–Kier alpha value is -0.980. The maximum Gasteiger partial charge on any atom is 0.289 e. The first-order valence-corrected chi connectivity index (χ1v) is 10.3. The molecule has 1 atom stereocenters. The normalized spacial score (nSPS) is 21.8. The number of hydrogen-bond acceptors (Lipinski definition) is 5. The molecule has 0 N–H and O–H groups in total. The molecular weight excluding hydrogens is 324 g/mol. The van der Waals surface area contributed by atoms with E-state index in [1.54, 1.807) is 11.8 Å². The number of furan rings is 1. The van der Waals surface area contributed by atoms with Gasteiger partial charge in [0, 0.05) is 32.2 Å². The number of amides is 1. The molecule has 2 fully saturated rings. The molecule has 3 heterocycles. The molecule has 1 aromatic heterocycles. The van der Waals surface area contributed by atoms with Crippen molar-refractivity contribution in [3.05, 3.63) is 23.7 Å². The van der Waals surface area contributed by atoms with Gasteiger partial charge in [-0.05, 0) is 44.1 Å². The highest BCUT2D eigenvalue weighted by Gasteiger charge is 2.31. The van der Waals surface area contributed by atoms with E-state index >= 15 is 0 Å². The molecule has 2 aliphatic rings. The van der Waals surface area contributed by atoms with Crippen molar-refractivity contribution >= 4 is 17.7 Å². The molecule has 24 heavy (non-hydrogen) atoms. The summed E-state index contributed by atoms with van der Waals surface area (Å²) in [6.07, 6.45) is 4.18. The van der Waals surface area contributed by atoms with Crippen LogP contribution in [0.25, 0.3) is 0 Å². The molecule has 0 aliphatic carbocycles. The quantitative estimate of drug-likeness (QED) is 0.815. The summed E-state index contributed by atoms with van der Waals surface area (Å²) >= 11 is 1.70. The molecule has 0 unspecified atom stereocenters. The Morgan fingerprint density at radius 3 is 2.62 bits per heavy atom. The van der Waals surface area contributed by atoms with Crippen molar-refractivity contribution < 1.29 is 13.9 Å². The summed E-state index contributed by atoms with van der Waals surface area (Å²) in [4.78, 5) is 17.1. The molecule has 6 heteroatoms. The molecule has 0 bridgehead atoms. The Kier molecular flexibility index (Phi) is 6.25. The summed E-state index contributed by atoms with van der Waals surface area (Å²) in [5.74, 6) is 2.88. The SMILES string of the molecule is CSCc1ccc(C(=O)N2CCC([C@@H](C)N3CCOCC3)CC2)o1. The van der Waals surface area contributed by atoms with Crippen LogP contribution in [0.3, 0.4) is 0 Å². The van der Waals surface area contributed by atoms with Crippen LogP contribution in [0.4, 0.5) is 0 Å². The fraction of sp³-hybridized carbons (Fsp3) is 0.722. The van der Waals surface area contributed by atoms with E-state index in [4.69, 9.17) is 9.15 Å². The van der Waals surface area contributed by atoms with Gasteiger partial charge in [-0.1, -0.05) is 0 Å². The summed E-state index contributed by atoms with van der Waals surface area (Å²) in [7, 11) is 0. The number of hydrogen-bond donors (Lipinski definition) is 0. The molecule has 5 nitrogen and oxygen atoms in total. The van der Waals surface area contributed by atoms with Crippen molar-refractivity contribution in [2.45, 2.75) is 31.6 Å². The van der Waals surface area contributed by atoms with Gasteiger partial charge in [0.15, 0.2) is 5.76 Å². The number of piperidine rings is 1. The average molecular weight is 353 g/mol. The topological polar surface area (TPSA) is 45.9 Å². The number of nitrogens with zero attached hydrogens (tertiary/aromatic N) is 2. The molecule has 0 radical (unpaired) electrons. The molecule has 3 rings (SSSR count). The number of carbonyl (C=O) groups excluding carboxylic acids is 1. The van der Waals surface area contributed by atoms with Gasteiger partial charge in [0.05, 0.1) is 19.0 Å². The Bertz CT molecular complexity index is 534. The van der Waals surface area contributed by atoms with Crippen LogP contribution < -0.4 is 0 Å². The average Bonchev–Trinajstić information content (AvgIpc) is 3.10. The lowest BCUT2D eigenvalue weighted by molar-refractivity contribution is -0.00114. The third kappa shape index (κ3) is 4.16. The van der Waals surface area contributed by atoms with E-state index in [-0.39, 0.29) is 5.91 Å². The fourth-order valence-corrected chi connectivity index (χ4v) is 4.18. The van der Waals surface area contributed by atoms with E-state index < -0.39 is 0 Å². The summed E-state index contributed by atoms with van der Waals surface area (Å²) in [5, 5.41) is 0. The lowest BCUT2D eigenvalue weighted by Gasteiger charge is -2.40. The Morgan fingerprint density at radius 1 is 1.25 bits per heavy atom. The minimum atomic E-state index is 0.0415. The van der Waals surface area contributed by atoms with Crippen LogP contribution in [0.2, 0.25) is 0 Å². The van der Waals surface area contributed by atoms with Crippen molar-refractivity contribution in [1.82, 2.24) is 9.80 Å². The summed E-state index contributed by atoms with van der Waals surface area (Å²) in [5.41, 5.74) is 0. The van der Waals surface area contributed by atoms with Crippen LogP contribution in [0.15, 0.2) is 16.5 Å². The lowest BCUT2D eigenvalue weighted by Crippen LogP contribution is -2.49. The highest BCUT2D eigenvalue weighted by molar-refractivity contribution is 7.97. The largest absolute Gasteiger partial charge is 0.455 e. The number of thioether (sulfide) groups is 1. The van der Waals surface area contributed by atoms with Crippen molar-refractivity contribution in [3.63, 3.8) is 0 Å². The predicted molar refractivity (Wildman–Crippen MR) is 96.4 cm³/mol. The van der Waals surface area contributed by atoms with Gasteiger partial charge >= 0.3 is 0 Å². The van der Waals surface area contributed by atoms with Gasteiger partial charge in [0.2, 0.25) is 0 Å². The predicted octanol–water partition coefficient (Wildman–Crippen LogP) is 2.72. The minimum Gasteiger partial charge on any atom is -0.455 e. The van der Waals surface area contributed by atoms with Crippen molar-refractivity contribution in [1.29, 1.82) is 0 Å². The van der Waals surface area contributed by atoms with E-state index in [0.717, 1.165) is 63.7 Å². The van der Waals surface area contributed by atoms with Crippen molar-refractivity contribution in [3.8, 4) is 0 Å². The zero-order valence-electron chi connectivity index (χ0n) is 14.7. The van der Waals surface area contributed by atoms with Crippen LogP contribution in [0.5, 0.6) is 0 Å². The zero-order chi connectivity index (χ0) is 16.9. The van der Waals surface area contributed by atoms with Crippen LogP contribution >= 0.6 is 11.8 Å². The molecule has 0 spiro atoms. The van der Waals surface area contributed by atoms with E-state index in [2.05, 4.69) is 11.8 Å². The number of likely N-dealkylation sites (tertiary alicyclic amines) is 1. The van der Waals surface area contributed by atoms with E-state index in [1.807, 2.05) is 23.3 Å². The summed E-state index contributed by atoms with van der Waals surface area (Å²) in [6.45, 7) is 7.75. The van der Waals surface area contributed by atoms with Crippen LogP contribution in [-0.2, 0) is 10.5 Å². The molecule has 1 aromatic rings. The molecule has 0 aromatic carbocycles. The maximum atomic E-state index is 12.6. The second-order valence-electron chi connectivity index (χ2n) is 6.72. The standard InChI is InChI=1S/C18H28N2O3S/c1-14(19-9-11-22-12-10-19)15-5-7-20(8-6-15)18(21)17-4-3-16(23-17)13-24-2/h3-4,14-15H,5-13H2,1-2H3/t14-/m1/s1. The molecule has 1 amide bonds. The monoisotopic (exact) mass is 352 g/mol. The van der Waals surface area contributed by atoms with Gasteiger partial charge in [0.1, 0.15) is 5.76 Å². The second-order valence-corrected chi connectivity index (χ2v) is 7.58. The first-order valence-electron chi connectivity index (χ1n) is 8.87. The number of ether oxygens (including phenoxy) is 1. The van der Waals surface area contributed by atoms with Gasteiger partial charge < -0.3 is 14.1 Å². The lowest BCUT2D eigenvalue weighted by atomic mass is 9.89. The Labute approximate surface area is 148 Å². The molecule has 2 aliphatic heterocycles. The smallest absolute Gasteiger partial charge is 0.289 e. The molecular formula is C18H28N2O3S. The maximum absolute atomic E-state index is 12.6. The van der Waals surface area contributed by atoms with Crippen LogP contribution in [-0.4, -0.2) is 67.4 Å². The van der Waals surface area contributed by atoms with Gasteiger partial charge in [-0.15, -0.1) is 0 Å². The first kappa shape index (κ1) is 17.8. The number of morpholine rings is 1. The Balaban J connectivity index is 1.51. The third-order valence-electron chi connectivity index (χ3n) is 5.29. The number of carbonyl (C=O) groups is 1. The number of rotatable bonds is 5. The molecule has 0 saturated carbocycles. The van der Waals surface area contributed by atoms with Gasteiger partial charge in [-0.2, -0.15) is 11.8 Å². The minimum absolute atomic E-state index is 0.0415. The van der Waals surface area contributed by atoms with Gasteiger partial charge in [0.25, 0.3) is 5.91 Å². The first-order chi connectivity index (χ1) is 11.7. The Morgan fingerprint density at radius 2 is 1.96 bits per heavy atom. The van der Waals surface area contributed by atoms with Crippen LogP contribution in [0.1, 0.15) is 36.1 Å². The van der Waals surface area contributed by atoms with Crippen molar-refractivity contribution in [2.24, 2.45) is 5.92 Å². The van der Waals surface area contributed by atoms with E-state index in [1.165, 1.54) is 0 Å².